The first kappa shape index (κ1) is 14.6. The SMILES string of the molecule is COC(=O)C(C)COc1cc(C)ccc1C(C)C. The van der Waals surface area contributed by atoms with E-state index in [0.29, 0.717) is 12.5 Å². The number of benzene rings is 1. The van der Waals surface area contributed by atoms with E-state index in [0.717, 1.165) is 16.9 Å². The smallest absolute Gasteiger partial charge is 0.311 e. The summed E-state index contributed by atoms with van der Waals surface area (Å²) in [5.41, 5.74) is 2.32. The fraction of sp³-hybridized carbons (Fsp3) is 0.533. The number of aryl methyl sites for hydroxylation is 1. The largest absolute Gasteiger partial charge is 0.492 e. The third-order valence-corrected chi connectivity index (χ3v) is 2.88. The van der Waals surface area contributed by atoms with Gasteiger partial charge in [0, 0.05) is 0 Å². The van der Waals surface area contributed by atoms with E-state index >= 15 is 0 Å². The van der Waals surface area contributed by atoms with Crippen molar-refractivity contribution < 1.29 is 14.3 Å². The normalized spacial score (nSPS) is 12.3. The lowest BCUT2D eigenvalue weighted by Crippen LogP contribution is -2.20. The van der Waals surface area contributed by atoms with E-state index in [1.165, 1.54) is 7.11 Å². The number of methoxy groups -OCH3 is 1. The molecule has 0 amide bonds. The lowest BCUT2D eigenvalue weighted by molar-refractivity contribution is -0.145. The first-order valence-corrected chi connectivity index (χ1v) is 6.26. The molecule has 0 aliphatic rings. The highest BCUT2D eigenvalue weighted by Gasteiger charge is 2.15. The third-order valence-electron chi connectivity index (χ3n) is 2.88. The molecule has 0 radical (unpaired) electrons. The summed E-state index contributed by atoms with van der Waals surface area (Å²) in [4.78, 5) is 11.3. The fourth-order valence-corrected chi connectivity index (χ4v) is 1.73. The van der Waals surface area contributed by atoms with E-state index in [9.17, 15) is 4.79 Å². The van der Waals surface area contributed by atoms with Crippen molar-refractivity contribution in [2.75, 3.05) is 13.7 Å². The Morgan fingerprint density at radius 2 is 1.94 bits per heavy atom. The molecule has 0 aliphatic heterocycles. The minimum atomic E-state index is -0.254. The molecule has 0 aromatic heterocycles. The number of rotatable bonds is 5. The van der Waals surface area contributed by atoms with Crippen molar-refractivity contribution in [1.82, 2.24) is 0 Å². The Kier molecular flexibility index (Phi) is 5.20. The van der Waals surface area contributed by atoms with Gasteiger partial charge in [0.15, 0.2) is 0 Å². The van der Waals surface area contributed by atoms with E-state index in [4.69, 9.17) is 4.74 Å². The Morgan fingerprint density at radius 3 is 2.50 bits per heavy atom. The first-order valence-electron chi connectivity index (χ1n) is 6.26. The van der Waals surface area contributed by atoms with E-state index < -0.39 is 0 Å². The molecule has 0 fully saturated rings. The molecule has 0 aliphatic carbocycles. The van der Waals surface area contributed by atoms with Gasteiger partial charge in [0.05, 0.1) is 13.0 Å². The van der Waals surface area contributed by atoms with Gasteiger partial charge in [-0.15, -0.1) is 0 Å². The Bertz CT molecular complexity index is 410. The maximum Gasteiger partial charge on any atom is 0.311 e. The van der Waals surface area contributed by atoms with Crippen LogP contribution in [0.15, 0.2) is 18.2 Å². The van der Waals surface area contributed by atoms with Gasteiger partial charge in [0.25, 0.3) is 0 Å². The zero-order valence-corrected chi connectivity index (χ0v) is 11.8. The van der Waals surface area contributed by atoms with Crippen LogP contribution < -0.4 is 4.74 Å². The summed E-state index contributed by atoms with van der Waals surface area (Å²) in [6, 6.07) is 6.17. The maximum absolute atomic E-state index is 11.3. The van der Waals surface area contributed by atoms with Gasteiger partial charge in [-0.1, -0.05) is 26.0 Å². The summed E-state index contributed by atoms with van der Waals surface area (Å²) in [5, 5.41) is 0. The average Bonchev–Trinajstić information content (AvgIpc) is 2.34. The van der Waals surface area contributed by atoms with Crippen LogP contribution in [0.5, 0.6) is 5.75 Å². The van der Waals surface area contributed by atoms with Crippen molar-refractivity contribution in [2.24, 2.45) is 5.92 Å². The zero-order chi connectivity index (χ0) is 13.7. The van der Waals surface area contributed by atoms with Gasteiger partial charge in [-0.05, 0) is 37.0 Å². The number of carbonyl (C=O) groups excluding carboxylic acids is 1. The topological polar surface area (TPSA) is 35.5 Å². The van der Waals surface area contributed by atoms with Crippen LogP contribution in [-0.4, -0.2) is 19.7 Å². The van der Waals surface area contributed by atoms with E-state index in [1.54, 1.807) is 6.92 Å². The Balaban J connectivity index is 2.77. The fourth-order valence-electron chi connectivity index (χ4n) is 1.73. The zero-order valence-electron chi connectivity index (χ0n) is 11.8. The van der Waals surface area contributed by atoms with Crippen molar-refractivity contribution in [3.63, 3.8) is 0 Å². The highest BCUT2D eigenvalue weighted by Crippen LogP contribution is 2.27. The van der Waals surface area contributed by atoms with Crippen LogP contribution in [0.25, 0.3) is 0 Å². The molecule has 0 saturated carbocycles. The molecule has 1 aromatic rings. The summed E-state index contributed by atoms with van der Waals surface area (Å²) in [7, 11) is 1.39. The Morgan fingerprint density at radius 1 is 1.28 bits per heavy atom. The Hall–Kier alpha value is -1.51. The van der Waals surface area contributed by atoms with Crippen LogP contribution in [0.1, 0.15) is 37.8 Å². The quantitative estimate of drug-likeness (QED) is 0.752. The Labute approximate surface area is 109 Å². The van der Waals surface area contributed by atoms with Crippen molar-refractivity contribution in [3.05, 3.63) is 29.3 Å². The second-order valence-corrected chi connectivity index (χ2v) is 4.93. The summed E-state index contributed by atoms with van der Waals surface area (Å²) in [6.45, 7) is 8.43. The van der Waals surface area contributed by atoms with Crippen molar-refractivity contribution in [1.29, 1.82) is 0 Å². The molecule has 0 heterocycles. The predicted molar refractivity (Wildman–Crippen MR) is 71.9 cm³/mol. The highest BCUT2D eigenvalue weighted by molar-refractivity contribution is 5.71. The summed E-state index contributed by atoms with van der Waals surface area (Å²) < 4.78 is 10.4. The molecule has 1 rings (SSSR count). The first-order chi connectivity index (χ1) is 8.45. The second kappa shape index (κ2) is 6.43. The molecule has 0 bridgehead atoms. The maximum atomic E-state index is 11.3. The lowest BCUT2D eigenvalue weighted by atomic mass is 10.0. The monoisotopic (exact) mass is 250 g/mol. The van der Waals surface area contributed by atoms with Gasteiger partial charge >= 0.3 is 5.97 Å². The number of esters is 1. The third kappa shape index (κ3) is 3.76. The molecule has 100 valence electrons. The molecule has 1 atom stereocenters. The van der Waals surface area contributed by atoms with Crippen molar-refractivity contribution >= 4 is 5.97 Å². The molecule has 1 aromatic carbocycles. The molecule has 0 N–H and O–H groups in total. The van der Waals surface area contributed by atoms with Crippen LogP contribution in [0.2, 0.25) is 0 Å². The van der Waals surface area contributed by atoms with E-state index in [1.807, 2.05) is 13.0 Å². The second-order valence-electron chi connectivity index (χ2n) is 4.93. The number of hydrogen-bond donors (Lipinski definition) is 0. The van der Waals surface area contributed by atoms with Crippen LogP contribution in [0.3, 0.4) is 0 Å². The van der Waals surface area contributed by atoms with Gasteiger partial charge in [0.1, 0.15) is 12.4 Å². The number of hydrogen-bond acceptors (Lipinski definition) is 3. The van der Waals surface area contributed by atoms with E-state index in [2.05, 4.69) is 30.7 Å². The molecule has 18 heavy (non-hydrogen) atoms. The van der Waals surface area contributed by atoms with Gasteiger partial charge in [-0.3, -0.25) is 4.79 Å². The lowest BCUT2D eigenvalue weighted by Gasteiger charge is -2.16. The number of ether oxygens (including phenoxy) is 2. The highest BCUT2D eigenvalue weighted by atomic mass is 16.5. The van der Waals surface area contributed by atoms with Crippen LogP contribution in [0, 0.1) is 12.8 Å². The summed E-state index contributed by atoms with van der Waals surface area (Å²) >= 11 is 0. The minimum absolute atomic E-state index is 0.242. The van der Waals surface area contributed by atoms with E-state index in [-0.39, 0.29) is 11.9 Å². The van der Waals surface area contributed by atoms with Crippen molar-refractivity contribution in [2.45, 2.75) is 33.6 Å². The minimum Gasteiger partial charge on any atom is -0.492 e. The molecule has 1 unspecified atom stereocenters. The molecule has 0 spiro atoms. The van der Waals surface area contributed by atoms with Gasteiger partial charge in [-0.2, -0.15) is 0 Å². The van der Waals surface area contributed by atoms with Crippen LogP contribution in [-0.2, 0) is 9.53 Å². The van der Waals surface area contributed by atoms with Gasteiger partial charge < -0.3 is 9.47 Å². The number of carbonyl (C=O) groups is 1. The van der Waals surface area contributed by atoms with Crippen LogP contribution in [0.4, 0.5) is 0 Å². The summed E-state index contributed by atoms with van der Waals surface area (Å²) in [6.07, 6.45) is 0. The van der Waals surface area contributed by atoms with Crippen molar-refractivity contribution in [3.8, 4) is 5.75 Å². The summed E-state index contributed by atoms with van der Waals surface area (Å²) in [5.74, 6) is 0.763. The standard InChI is InChI=1S/C15H22O3/c1-10(2)13-7-6-11(3)8-14(13)18-9-12(4)15(16)17-5/h6-8,10,12H,9H2,1-5H3. The molecule has 3 nitrogen and oxygen atoms in total. The molecular formula is C15H22O3. The molecule has 3 heteroatoms. The average molecular weight is 250 g/mol. The van der Waals surface area contributed by atoms with Gasteiger partial charge in [-0.25, -0.2) is 0 Å². The van der Waals surface area contributed by atoms with Crippen LogP contribution >= 0.6 is 0 Å². The molecule has 0 saturated heterocycles. The van der Waals surface area contributed by atoms with Gasteiger partial charge in [0.2, 0.25) is 0 Å². The molecular weight excluding hydrogens is 228 g/mol. The predicted octanol–water partition coefficient (Wildman–Crippen LogP) is 3.31.